The highest BCUT2D eigenvalue weighted by molar-refractivity contribution is 7.98. The number of anilines is 3. The molecule has 5 aromatic carbocycles. The van der Waals surface area contributed by atoms with Crippen molar-refractivity contribution in [2.24, 2.45) is 0 Å². The van der Waals surface area contributed by atoms with E-state index in [9.17, 15) is 52.6 Å². The molecular weight excluding hydrogens is 1460 g/mol. The number of benzene rings is 5. The summed E-state index contributed by atoms with van der Waals surface area (Å²) in [6, 6.07) is 33.8. The van der Waals surface area contributed by atoms with Gasteiger partial charge in [-0.15, -0.1) is 0 Å². The number of hydrogen-bond donors (Lipinski definition) is 2. The van der Waals surface area contributed by atoms with Crippen LogP contribution in [-0.2, 0) is 43.3 Å². The summed E-state index contributed by atoms with van der Waals surface area (Å²) in [6.45, 7) is 14.9. The molecule has 2 N–H and O–H groups in total. The van der Waals surface area contributed by atoms with E-state index in [1.165, 1.54) is 56.1 Å². The van der Waals surface area contributed by atoms with Gasteiger partial charge < -0.3 is 29.7 Å². The number of piperidine rings is 2. The summed E-state index contributed by atoms with van der Waals surface area (Å²) in [5.74, 6) is 1.81. The Morgan fingerprint density at radius 2 is 0.971 bits per heavy atom. The third-order valence-electron chi connectivity index (χ3n) is 14.6. The minimum atomic E-state index is -4.42. The third kappa shape index (κ3) is 30.2. The average molecular weight is 1540 g/mol. The zero-order valence-electron chi connectivity index (χ0n) is 57.3. The van der Waals surface area contributed by atoms with Crippen LogP contribution in [0.25, 0.3) is 22.5 Å². The predicted octanol–water partition coefficient (Wildman–Crippen LogP) is 18.5. The maximum atomic E-state index is 12.9. The van der Waals surface area contributed by atoms with Crippen LogP contribution in [0.15, 0.2) is 146 Å². The van der Waals surface area contributed by atoms with Gasteiger partial charge in [-0.25, -0.2) is 34.7 Å². The number of alkyl halides is 3. The van der Waals surface area contributed by atoms with Crippen LogP contribution in [0.1, 0.15) is 136 Å². The van der Waals surface area contributed by atoms with Crippen LogP contribution in [0.2, 0.25) is 15.5 Å². The molecule has 2 aliphatic rings. The third-order valence-corrected chi connectivity index (χ3v) is 17.5. The van der Waals surface area contributed by atoms with Crippen LogP contribution < -0.4 is 15.1 Å². The van der Waals surface area contributed by atoms with Crippen LogP contribution in [0.5, 0.6) is 0 Å². The molecule has 3 aromatic heterocycles. The number of nitrogens with zero attached hydrogens (tertiary/aromatic N) is 10. The van der Waals surface area contributed by atoms with Crippen molar-refractivity contribution in [3.05, 3.63) is 215 Å². The minimum absolute atomic E-state index is 0.0236. The Hall–Kier alpha value is -8.73. The van der Waals surface area contributed by atoms with Gasteiger partial charge in [-0.2, -0.15) is 36.7 Å². The van der Waals surface area contributed by atoms with Gasteiger partial charge in [0.25, 0.3) is 16.6 Å². The Bertz CT molecular complexity index is 4060. The predicted molar refractivity (Wildman–Crippen MR) is 399 cm³/mol. The molecule has 2 fully saturated rings. The monoisotopic (exact) mass is 1530 g/mol. The lowest BCUT2D eigenvalue weighted by Gasteiger charge is -2.29. The zero-order chi connectivity index (χ0) is 75.3. The number of carboxylic acids is 1. The normalized spacial score (nSPS) is 12.8. The molecule has 0 radical (unpaired) electrons. The van der Waals surface area contributed by atoms with Gasteiger partial charge in [0.15, 0.2) is 0 Å². The molecule has 0 bridgehead atoms. The van der Waals surface area contributed by atoms with E-state index in [0.717, 1.165) is 92.2 Å². The summed E-state index contributed by atoms with van der Waals surface area (Å²) < 4.78 is 49.3. The molecule has 2 aliphatic heterocycles. The Balaban J connectivity index is 0.000000212. The quantitative estimate of drug-likeness (QED) is 0.0169. The largest absolute Gasteiger partial charge is 0.478 e. The van der Waals surface area contributed by atoms with Crippen LogP contribution >= 0.6 is 69.9 Å². The molecule has 0 saturated carbocycles. The van der Waals surface area contributed by atoms with E-state index in [0.29, 0.717) is 79.9 Å². The van der Waals surface area contributed by atoms with E-state index in [4.69, 9.17) is 61.0 Å². The Labute approximate surface area is 623 Å². The maximum Gasteiger partial charge on any atom is 0.416 e. The highest BCUT2D eigenvalue weighted by atomic mass is 35.5. The first-order chi connectivity index (χ1) is 48.8. The number of carbonyl (C=O) groups excluding carboxylic acids is 3. The smallest absolute Gasteiger partial charge is 0.416 e. The van der Waals surface area contributed by atoms with Crippen molar-refractivity contribution in [3.63, 3.8) is 0 Å². The van der Waals surface area contributed by atoms with Crippen molar-refractivity contribution in [3.8, 4) is 22.5 Å². The number of aromatic carboxylic acids is 1. The second-order valence-electron chi connectivity index (χ2n) is 25.0. The zero-order valence-corrected chi connectivity index (χ0v) is 62.0. The number of esters is 2. The standard InChI is InChI=1S/C23H22F3N5O2.C15H15ClN4O2.C15H19ClO3S.C15H20O4S.C4H2Cl2N2/c24-23(25,26)17-6-4-5-16(11-17)14-27-22-13-20(28-15-29-22)19-12-18(7-8-21(19)31(32)33)30-9-2-1-3-10-30;16-15-9-13(17-10-18-15)12-8-11(4-5-14(12)20(21)22)19-6-2-1-3-7-19;1-15(2,3)19-13(17)7-8-20-10-11-5-4-6-12(9-11)14(16)18;1-15(2,3)19-13(16)7-8-20-10-11-5-4-6-12(9-11)14(17)18;5-3-1-4(6)8-2-7-3/h4-8,11-13,15H,1-3,9-10,14H2,(H,27,28,29);4-5,8-10H,1-3,6-7H2;4-6,9H,7-8,10H2,1-3H3;4-6,9H,7-8,10H2,1-3H3,(H,17,18);1-2H. The fraction of sp³-hybridized carbons (Fsp3) is 0.361. The molecule has 8 aromatic rings. The molecule has 0 atom stereocenters. The van der Waals surface area contributed by atoms with Crippen LogP contribution in [0.3, 0.4) is 0 Å². The number of carbonyl (C=O) groups is 4. The number of nitrogens with one attached hydrogen (secondary N) is 1. The van der Waals surface area contributed by atoms with Gasteiger partial charge >= 0.3 is 24.1 Å². The summed E-state index contributed by atoms with van der Waals surface area (Å²) >= 11 is 25.3. The van der Waals surface area contributed by atoms with Crippen molar-refractivity contribution in [2.75, 3.05) is 52.8 Å². The van der Waals surface area contributed by atoms with Gasteiger partial charge in [0, 0.05) is 103 Å². The molecule has 0 unspecified atom stereocenters. The van der Waals surface area contributed by atoms with E-state index >= 15 is 0 Å². The molecule has 548 valence electrons. The fourth-order valence-electron chi connectivity index (χ4n) is 9.97. The van der Waals surface area contributed by atoms with Gasteiger partial charge in [-0.3, -0.25) is 34.6 Å². The van der Waals surface area contributed by atoms with Gasteiger partial charge in [0.1, 0.15) is 51.5 Å². The van der Waals surface area contributed by atoms with Crippen LogP contribution in [-0.4, -0.2) is 117 Å². The average Bonchev–Trinajstić information content (AvgIpc) is 0.807. The molecule has 0 aliphatic carbocycles. The van der Waals surface area contributed by atoms with Crippen LogP contribution in [0.4, 0.5) is 41.7 Å². The number of ether oxygens (including phenoxy) is 2. The number of carboxylic acid groups (broad SMARTS) is 1. The molecule has 2 saturated heterocycles. The summed E-state index contributed by atoms with van der Waals surface area (Å²) in [7, 11) is 0. The Morgan fingerprint density at radius 1 is 0.544 bits per heavy atom. The number of halogens is 7. The Morgan fingerprint density at radius 3 is 1.40 bits per heavy atom. The topological polar surface area (TPSA) is 289 Å². The number of nitro benzene ring substituents is 2. The highest BCUT2D eigenvalue weighted by Crippen LogP contribution is 2.37. The number of nitro groups is 2. The SMILES string of the molecule is CC(C)(C)OC(=O)CCSCc1cccc(C(=O)Cl)c1.CC(C)(C)OC(=O)CCSCc1cccc(C(=O)O)c1.Clc1cc(Cl)ncn1.O=[N+]([O-])c1ccc(N2CCCCC2)cc1-c1cc(Cl)ncn1.O=[N+]([O-])c1ccc(N2CCCCC2)cc1-c1cc(NCc2cccc(C(F)(F)F)c2)ncn1. The number of rotatable bonds is 21. The van der Waals surface area contributed by atoms with Gasteiger partial charge in [0.05, 0.1) is 56.3 Å². The first kappa shape index (κ1) is 83.2. The minimum Gasteiger partial charge on any atom is -0.478 e. The van der Waals surface area contributed by atoms with Crippen molar-refractivity contribution < 1.29 is 56.8 Å². The summed E-state index contributed by atoms with van der Waals surface area (Å²) in [4.78, 5) is 94.9. The molecular formula is C72H78Cl4F3N11O11S2. The first-order valence-corrected chi connectivity index (χ1v) is 36.2. The molecule has 0 spiro atoms. The summed E-state index contributed by atoms with van der Waals surface area (Å²) in [5, 5.41) is 35.3. The maximum absolute atomic E-state index is 12.9. The molecule has 31 heteroatoms. The molecule has 10 rings (SSSR count). The first-order valence-electron chi connectivity index (χ1n) is 32.4. The molecule has 0 amide bonds. The lowest BCUT2D eigenvalue weighted by Crippen LogP contribution is -2.29. The number of aromatic nitrogens is 6. The van der Waals surface area contributed by atoms with Crippen molar-refractivity contribution in [2.45, 2.75) is 128 Å². The second kappa shape index (κ2) is 40.9. The lowest BCUT2D eigenvalue weighted by molar-refractivity contribution is -0.384. The van der Waals surface area contributed by atoms with Crippen molar-refractivity contribution in [1.29, 1.82) is 0 Å². The van der Waals surface area contributed by atoms with Crippen molar-refractivity contribution >= 4 is 122 Å². The van der Waals surface area contributed by atoms with E-state index in [1.807, 2.05) is 59.7 Å². The van der Waals surface area contributed by atoms with E-state index in [2.05, 4.69) is 45.0 Å². The fourth-order valence-corrected chi connectivity index (χ4v) is 12.3. The molecule has 103 heavy (non-hydrogen) atoms. The molecule has 5 heterocycles. The highest BCUT2D eigenvalue weighted by Gasteiger charge is 2.31. The summed E-state index contributed by atoms with van der Waals surface area (Å²) in [6.07, 6.45) is 7.07. The van der Waals surface area contributed by atoms with Gasteiger partial charge in [-0.05, 0) is 163 Å². The molecule has 22 nitrogen and oxygen atoms in total. The van der Waals surface area contributed by atoms with E-state index in [-0.39, 0.29) is 40.6 Å². The van der Waals surface area contributed by atoms with Crippen LogP contribution in [0, 0.1) is 20.2 Å². The second-order valence-corrected chi connectivity index (χ2v) is 28.7. The lowest BCUT2D eigenvalue weighted by atomic mass is 10.1. The summed E-state index contributed by atoms with van der Waals surface area (Å²) in [5.41, 5.74) is 5.07. The number of hydrogen-bond acceptors (Lipinski definition) is 21. The van der Waals surface area contributed by atoms with E-state index in [1.54, 1.807) is 96.3 Å². The number of thioether (sulfide) groups is 2. The van der Waals surface area contributed by atoms with Gasteiger partial charge in [-0.1, -0.05) is 77.3 Å². The van der Waals surface area contributed by atoms with Crippen molar-refractivity contribution in [1.82, 2.24) is 29.9 Å². The van der Waals surface area contributed by atoms with Gasteiger partial charge in [0.2, 0.25) is 0 Å². The van der Waals surface area contributed by atoms with E-state index < -0.39 is 44.0 Å². The Kier molecular flexibility index (Phi) is 33.1.